The summed E-state index contributed by atoms with van der Waals surface area (Å²) in [6, 6.07) is 8.01. The summed E-state index contributed by atoms with van der Waals surface area (Å²) >= 11 is 6.19. The van der Waals surface area contributed by atoms with Crippen LogP contribution in [0.15, 0.2) is 36.9 Å². The molecule has 1 saturated heterocycles. The van der Waals surface area contributed by atoms with Gasteiger partial charge in [-0.1, -0.05) is 36.4 Å². The van der Waals surface area contributed by atoms with Crippen LogP contribution in [0.1, 0.15) is 18.4 Å². The Morgan fingerprint density at radius 2 is 2.10 bits per heavy atom. The second-order valence-electron chi connectivity index (χ2n) is 5.26. The first kappa shape index (κ1) is 15.1. The number of carbonyl (C=O) groups excluding carboxylic acids is 1. The van der Waals surface area contributed by atoms with Crippen molar-refractivity contribution in [3.63, 3.8) is 0 Å². The Hall–Kier alpha value is -1.32. The number of hydrogen-bond donors (Lipinski definition) is 1. The highest BCUT2D eigenvalue weighted by Crippen LogP contribution is 2.21. The van der Waals surface area contributed by atoms with Crippen LogP contribution in [-0.2, 0) is 11.3 Å². The molecule has 1 aromatic carbocycles. The summed E-state index contributed by atoms with van der Waals surface area (Å²) in [5, 5.41) is 3.72. The fourth-order valence-corrected chi connectivity index (χ4v) is 2.73. The highest BCUT2D eigenvalue weighted by Gasteiger charge is 2.19. The maximum atomic E-state index is 11.1. The number of nitrogens with zero attached hydrogens (tertiary/aromatic N) is 1. The summed E-state index contributed by atoms with van der Waals surface area (Å²) in [5.41, 5.74) is 1.19. The highest BCUT2D eigenvalue weighted by atomic mass is 35.5. The number of carbonyl (C=O) groups is 1. The lowest BCUT2D eigenvalue weighted by Gasteiger charge is -2.32. The van der Waals surface area contributed by atoms with Crippen LogP contribution in [0.25, 0.3) is 0 Å². The van der Waals surface area contributed by atoms with Gasteiger partial charge in [-0.3, -0.25) is 9.69 Å². The second kappa shape index (κ2) is 7.46. The monoisotopic (exact) mass is 292 g/mol. The molecule has 20 heavy (non-hydrogen) atoms. The lowest BCUT2D eigenvalue weighted by Crippen LogP contribution is -2.38. The van der Waals surface area contributed by atoms with Crippen molar-refractivity contribution in [2.24, 2.45) is 5.92 Å². The van der Waals surface area contributed by atoms with E-state index in [1.165, 1.54) is 11.6 Å². The van der Waals surface area contributed by atoms with Crippen LogP contribution in [0.3, 0.4) is 0 Å². The molecule has 108 valence electrons. The molecule has 0 unspecified atom stereocenters. The van der Waals surface area contributed by atoms with Crippen molar-refractivity contribution >= 4 is 17.5 Å². The van der Waals surface area contributed by atoms with E-state index in [9.17, 15) is 4.79 Å². The summed E-state index contributed by atoms with van der Waals surface area (Å²) in [7, 11) is 0. The largest absolute Gasteiger partial charge is 0.352 e. The van der Waals surface area contributed by atoms with E-state index in [0.29, 0.717) is 5.92 Å². The van der Waals surface area contributed by atoms with Gasteiger partial charge in [0.25, 0.3) is 0 Å². The van der Waals surface area contributed by atoms with Crippen LogP contribution >= 0.6 is 11.6 Å². The number of piperidine rings is 1. The van der Waals surface area contributed by atoms with Crippen LogP contribution in [0, 0.1) is 5.92 Å². The Labute approximate surface area is 125 Å². The SMILES string of the molecule is C=CC(=O)NCC1CCN(Cc2ccccc2Cl)CC1. The van der Waals surface area contributed by atoms with Gasteiger partial charge in [-0.25, -0.2) is 0 Å². The zero-order valence-electron chi connectivity index (χ0n) is 11.6. The number of hydrogen-bond acceptors (Lipinski definition) is 2. The third-order valence-electron chi connectivity index (χ3n) is 3.81. The van der Waals surface area contributed by atoms with E-state index in [-0.39, 0.29) is 5.91 Å². The number of likely N-dealkylation sites (tertiary alicyclic amines) is 1. The summed E-state index contributed by atoms with van der Waals surface area (Å²) in [6.07, 6.45) is 3.55. The molecule has 1 N–H and O–H groups in total. The molecule has 1 aliphatic rings. The minimum atomic E-state index is -0.0801. The fourth-order valence-electron chi connectivity index (χ4n) is 2.53. The van der Waals surface area contributed by atoms with Crippen LogP contribution in [0.2, 0.25) is 5.02 Å². The van der Waals surface area contributed by atoms with Crippen molar-refractivity contribution in [3.05, 3.63) is 47.5 Å². The summed E-state index contributed by atoms with van der Waals surface area (Å²) < 4.78 is 0. The molecule has 0 bridgehead atoms. The standard InChI is InChI=1S/C16H21ClN2O/c1-2-16(20)18-11-13-7-9-19(10-8-13)12-14-5-3-4-6-15(14)17/h2-6,13H,1,7-12H2,(H,18,20). The third kappa shape index (κ3) is 4.36. The predicted molar refractivity (Wildman–Crippen MR) is 82.7 cm³/mol. The topological polar surface area (TPSA) is 32.3 Å². The minimum Gasteiger partial charge on any atom is -0.352 e. The number of nitrogens with one attached hydrogen (secondary N) is 1. The molecule has 1 aromatic rings. The first-order chi connectivity index (χ1) is 9.69. The van der Waals surface area contributed by atoms with E-state index in [1.807, 2.05) is 18.2 Å². The van der Waals surface area contributed by atoms with Gasteiger partial charge in [0.05, 0.1) is 0 Å². The van der Waals surface area contributed by atoms with Gasteiger partial charge in [0.1, 0.15) is 0 Å². The average Bonchev–Trinajstić information content (AvgIpc) is 2.48. The van der Waals surface area contributed by atoms with Gasteiger partial charge in [0, 0.05) is 18.1 Å². The average molecular weight is 293 g/mol. The molecule has 0 aromatic heterocycles. The summed E-state index contributed by atoms with van der Waals surface area (Å²) in [4.78, 5) is 13.6. The summed E-state index contributed by atoms with van der Waals surface area (Å²) in [6.45, 7) is 7.23. The molecule has 4 heteroatoms. The predicted octanol–water partition coefficient (Wildman–Crippen LogP) is 2.85. The first-order valence-electron chi connectivity index (χ1n) is 7.05. The molecule has 1 aliphatic heterocycles. The first-order valence-corrected chi connectivity index (χ1v) is 7.43. The van der Waals surface area contributed by atoms with Gasteiger partial charge >= 0.3 is 0 Å². The zero-order chi connectivity index (χ0) is 14.4. The van der Waals surface area contributed by atoms with Gasteiger partial charge in [0.15, 0.2) is 0 Å². The van der Waals surface area contributed by atoms with Gasteiger partial charge in [0.2, 0.25) is 5.91 Å². The number of rotatable bonds is 5. The van der Waals surface area contributed by atoms with E-state index >= 15 is 0 Å². The van der Waals surface area contributed by atoms with Gasteiger partial charge < -0.3 is 5.32 Å². The van der Waals surface area contributed by atoms with Crippen molar-refractivity contribution in [2.45, 2.75) is 19.4 Å². The lowest BCUT2D eigenvalue weighted by molar-refractivity contribution is -0.116. The van der Waals surface area contributed by atoms with E-state index in [1.54, 1.807) is 0 Å². The van der Waals surface area contributed by atoms with Crippen molar-refractivity contribution in [2.75, 3.05) is 19.6 Å². The van der Waals surface area contributed by atoms with Crippen molar-refractivity contribution < 1.29 is 4.79 Å². The second-order valence-corrected chi connectivity index (χ2v) is 5.67. The molecule has 2 rings (SSSR count). The van der Waals surface area contributed by atoms with Crippen LogP contribution in [0.5, 0.6) is 0 Å². The van der Waals surface area contributed by atoms with Gasteiger partial charge in [-0.05, 0) is 49.6 Å². The quantitative estimate of drug-likeness (QED) is 0.847. The Bertz CT molecular complexity index is 467. The van der Waals surface area contributed by atoms with Crippen LogP contribution in [-0.4, -0.2) is 30.4 Å². The molecule has 0 saturated carbocycles. The molecule has 0 radical (unpaired) electrons. The van der Waals surface area contributed by atoms with E-state index < -0.39 is 0 Å². The highest BCUT2D eigenvalue weighted by molar-refractivity contribution is 6.31. The molecule has 0 spiro atoms. The normalized spacial score (nSPS) is 16.9. The number of amides is 1. The van der Waals surface area contributed by atoms with Gasteiger partial charge in [-0.2, -0.15) is 0 Å². The molecule has 1 amide bonds. The lowest BCUT2D eigenvalue weighted by atomic mass is 9.96. The maximum absolute atomic E-state index is 11.1. The molecule has 3 nitrogen and oxygen atoms in total. The van der Waals surface area contributed by atoms with Crippen molar-refractivity contribution in [3.8, 4) is 0 Å². The molecule has 0 aliphatic carbocycles. The minimum absolute atomic E-state index is 0.0801. The molecular formula is C16H21ClN2O. The van der Waals surface area contributed by atoms with E-state index in [0.717, 1.165) is 44.0 Å². The van der Waals surface area contributed by atoms with Crippen LogP contribution < -0.4 is 5.32 Å². The van der Waals surface area contributed by atoms with Gasteiger partial charge in [-0.15, -0.1) is 0 Å². The molecule has 0 atom stereocenters. The Kier molecular flexibility index (Phi) is 5.62. The summed E-state index contributed by atoms with van der Waals surface area (Å²) in [5.74, 6) is 0.491. The van der Waals surface area contributed by atoms with Crippen molar-refractivity contribution in [1.29, 1.82) is 0 Å². The van der Waals surface area contributed by atoms with Crippen molar-refractivity contribution in [1.82, 2.24) is 10.2 Å². The Balaban J connectivity index is 1.76. The molecule has 1 fully saturated rings. The van der Waals surface area contributed by atoms with E-state index in [4.69, 9.17) is 11.6 Å². The van der Waals surface area contributed by atoms with Crippen LogP contribution in [0.4, 0.5) is 0 Å². The fraction of sp³-hybridized carbons (Fsp3) is 0.438. The number of halogens is 1. The number of benzene rings is 1. The Morgan fingerprint density at radius 3 is 2.75 bits per heavy atom. The van der Waals surface area contributed by atoms with E-state index in [2.05, 4.69) is 22.9 Å². The smallest absolute Gasteiger partial charge is 0.243 e. The zero-order valence-corrected chi connectivity index (χ0v) is 12.4. The Morgan fingerprint density at radius 1 is 1.40 bits per heavy atom. The molecular weight excluding hydrogens is 272 g/mol. The molecule has 1 heterocycles. The third-order valence-corrected chi connectivity index (χ3v) is 4.18. The maximum Gasteiger partial charge on any atom is 0.243 e.